The number of rotatable bonds is 5. The molecule has 1 N–H and O–H groups in total. The third-order valence-corrected chi connectivity index (χ3v) is 3.60. The molecule has 122 valence electrons. The minimum atomic E-state index is -0.373. The van der Waals surface area contributed by atoms with Gasteiger partial charge in [-0.05, 0) is 44.2 Å². The summed E-state index contributed by atoms with van der Waals surface area (Å²) < 4.78 is 19.5. The zero-order chi connectivity index (χ0) is 17.0. The van der Waals surface area contributed by atoms with Crippen LogP contribution in [0.5, 0.6) is 0 Å². The van der Waals surface area contributed by atoms with Gasteiger partial charge in [0.05, 0.1) is 19.1 Å². The molecular formula is C17H19FN2O3. The molecule has 1 amide bonds. The van der Waals surface area contributed by atoms with Crippen molar-refractivity contribution in [1.29, 1.82) is 0 Å². The van der Waals surface area contributed by atoms with Gasteiger partial charge >= 0.3 is 5.97 Å². The van der Waals surface area contributed by atoms with E-state index >= 15 is 0 Å². The Hall–Kier alpha value is -2.63. The van der Waals surface area contributed by atoms with E-state index in [0.717, 1.165) is 17.1 Å². The Balaban J connectivity index is 2.18. The number of halogens is 1. The lowest BCUT2D eigenvalue weighted by Crippen LogP contribution is -2.26. The van der Waals surface area contributed by atoms with Gasteiger partial charge < -0.3 is 14.6 Å². The van der Waals surface area contributed by atoms with E-state index < -0.39 is 0 Å². The largest absolute Gasteiger partial charge is 0.469 e. The van der Waals surface area contributed by atoms with Crippen LogP contribution in [0.4, 0.5) is 4.39 Å². The van der Waals surface area contributed by atoms with Crippen LogP contribution in [-0.4, -0.2) is 30.1 Å². The summed E-state index contributed by atoms with van der Waals surface area (Å²) in [5, 5.41) is 2.69. The maximum Gasteiger partial charge on any atom is 0.307 e. The molecule has 0 radical (unpaired) electrons. The minimum absolute atomic E-state index is 0.124. The highest BCUT2D eigenvalue weighted by Gasteiger charge is 2.16. The van der Waals surface area contributed by atoms with Crippen molar-refractivity contribution in [2.24, 2.45) is 0 Å². The van der Waals surface area contributed by atoms with Crippen molar-refractivity contribution in [2.75, 3.05) is 13.7 Å². The summed E-state index contributed by atoms with van der Waals surface area (Å²) in [5.74, 6) is -0.936. The molecule has 0 saturated heterocycles. The molecule has 1 aromatic heterocycles. The third-order valence-electron chi connectivity index (χ3n) is 3.60. The van der Waals surface area contributed by atoms with E-state index in [-0.39, 0.29) is 30.7 Å². The summed E-state index contributed by atoms with van der Waals surface area (Å²) >= 11 is 0. The van der Waals surface area contributed by atoms with Crippen LogP contribution in [0.1, 0.15) is 28.2 Å². The van der Waals surface area contributed by atoms with Gasteiger partial charge in [-0.15, -0.1) is 0 Å². The van der Waals surface area contributed by atoms with E-state index in [1.165, 1.54) is 19.2 Å². The summed E-state index contributed by atoms with van der Waals surface area (Å²) in [5.41, 5.74) is 2.93. The first-order chi connectivity index (χ1) is 10.9. The summed E-state index contributed by atoms with van der Waals surface area (Å²) in [7, 11) is 1.31. The fourth-order valence-electron chi connectivity index (χ4n) is 2.46. The van der Waals surface area contributed by atoms with E-state index in [9.17, 15) is 14.0 Å². The SMILES string of the molecule is COC(=O)CCNC(=O)c1cc(C)n(-c2ccc(F)cc2)c1C. The van der Waals surface area contributed by atoms with Crippen molar-refractivity contribution < 1.29 is 18.7 Å². The van der Waals surface area contributed by atoms with Crippen LogP contribution in [0, 0.1) is 19.7 Å². The van der Waals surface area contributed by atoms with Gasteiger partial charge in [0.2, 0.25) is 0 Å². The zero-order valence-electron chi connectivity index (χ0n) is 13.4. The molecule has 2 rings (SSSR count). The van der Waals surface area contributed by atoms with E-state index in [4.69, 9.17) is 0 Å². The highest BCUT2D eigenvalue weighted by molar-refractivity contribution is 5.96. The normalized spacial score (nSPS) is 10.4. The number of methoxy groups -OCH3 is 1. The summed E-state index contributed by atoms with van der Waals surface area (Å²) in [6.45, 7) is 3.92. The molecule has 1 heterocycles. The molecule has 23 heavy (non-hydrogen) atoms. The lowest BCUT2D eigenvalue weighted by atomic mass is 10.2. The minimum Gasteiger partial charge on any atom is -0.469 e. The second-order valence-electron chi connectivity index (χ2n) is 5.18. The van der Waals surface area contributed by atoms with Gasteiger partial charge in [-0.1, -0.05) is 0 Å². The molecule has 0 bridgehead atoms. The fourth-order valence-corrected chi connectivity index (χ4v) is 2.46. The van der Waals surface area contributed by atoms with Crippen LogP contribution in [-0.2, 0) is 9.53 Å². The number of aryl methyl sites for hydroxylation is 1. The monoisotopic (exact) mass is 318 g/mol. The Morgan fingerprint density at radius 1 is 1.22 bits per heavy atom. The van der Waals surface area contributed by atoms with Crippen molar-refractivity contribution >= 4 is 11.9 Å². The van der Waals surface area contributed by atoms with Gasteiger partial charge in [0.15, 0.2) is 0 Å². The van der Waals surface area contributed by atoms with Crippen LogP contribution < -0.4 is 5.32 Å². The van der Waals surface area contributed by atoms with Gasteiger partial charge in [0, 0.05) is 23.6 Å². The number of nitrogens with one attached hydrogen (secondary N) is 1. The number of ether oxygens (including phenoxy) is 1. The molecule has 0 unspecified atom stereocenters. The maximum atomic E-state index is 13.1. The average Bonchev–Trinajstić information content (AvgIpc) is 2.83. The predicted octanol–water partition coefficient (Wildman–Crippen LogP) is 2.53. The van der Waals surface area contributed by atoms with Gasteiger partial charge in [-0.3, -0.25) is 9.59 Å². The van der Waals surface area contributed by atoms with Crippen molar-refractivity contribution in [3.05, 3.63) is 53.1 Å². The van der Waals surface area contributed by atoms with Crippen LogP contribution >= 0.6 is 0 Å². The lowest BCUT2D eigenvalue weighted by Gasteiger charge is -2.10. The van der Waals surface area contributed by atoms with E-state index in [2.05, 4.69) is 10.1 Å². The number of amides is 1. The number of aromatic nitrogens is 1. The Bertz CT molecular complexity index is 720. The van der Waals surface area contributed by atoms with Crippen LogP contribution in [0.25, 0.3) is 5.69 Å². The molecule has 5 nitrogen and oxygen atoms in total. The van der Waals surface area contributed by atoms with Crippen molar-refractivity contribution in [2.45, 2.75) is 20.3 Å². The number of carbonyl (C=O) groups is 2. The van der Waals surface area contributed by atoms with Crippen molar-refractivity contribution in [3.8, 4) is 5.69 Å². The number of esters is 1. The van der Waals surface area contributed by atoms with Crippen molar-refractivity contribution in [3.63, 3.8) is 0 Å². The molecule has 0 spiro atoms. The lowest BCUT2D eigenvalue weighted by molar-refractivity contribution is -0.140. The molecule has 2 aromatic rings. The van der Waals surface area contributed by atoms with Gasteiger partial charge in [0.1, 0.15) is 5.82 Å². The Morgan fingerprint density at radius 2 is 1.87 bits per heavy atom. The molecule has 0 atom stereocenters. The van der Waals surface area contributed by atoms with Crippen LogP contribution in [0.3, 0.4) is 0 Å². The van der Waals surface area contributed by atoms with Gasteiger partial charge in [0.25, 0.3) is 5.91 Å². The molecule has 6 heteroatoms. The predicted molar refractivity (Wildman–Crippen MR) is 84.2 cm³/mol. The quantitative estimate of drug-likeness (QED) is 0.862. The maximum absolute atomic E-state index is 13.1. The molecule has 0 aliphatic heterocycles. The first-order valence-corrected chi connectivity index (χ1v) is 7.24. The highest BCUT2D eigenvalue weighted by atomic mass is 19.1. The summed E-state index contributed by atoms with van der Waals surface area (Å²) in [6.07, 6.45) is 0.124. The Labute approximate surface area is 134 Å². The molecular weight excluding hydrogens is 299 g/mol. The first kappa shape index (κ1) is 16.7. The Kier molecular flexibility index (Phi) is 5.16. The number of benzene rings is 1. The molecule has 0 fully saturated rings. The summed E-state index contributed by atoms with van der Waals surface area (Å²) in [6, 6.07) is 7.85. The van der Waals surface area contributed by atoms with E-state index in [0.29, 0.717) is 5.56 Å². The van der Waals surface area contributed by atoms with E-state index in [1.807, 2.05) is 18.4 Å². The second-order valence-corrected chi connectivity index (χ2v) is 5.18. The standard InChI is InChI=1S/C17H19FN2O3/c1-11-10-15(17(22)19-9-8-16(21)23-3)12(2)20(11)14-6-4-13(18)5-7-14/h4-7,10H,8-9H2,1-3H3,(H,19,22). The molecule has 0 aliphatic rings. The fraction of sp³-hybridized carbons (Fsp3) is 0.294. The average molecular weight is 318 g/mol. The van der Waals surface area contributed by atoms with Gasteiger partial charge in [-0.25, -0.2) is 4.39 Å². The number of carbonyl (C=O) groups excluding carboxylic acids is 2. The molecule has 0 saturated carbocycles. The number of hydrogen-bond donors (Lipinski definition) is 1. The third kappa shape index (κ3) is 3.77. The first-order valence-electron chi connectivity index (χ1n) is 7.24. The molecule has 0 aliphatic carbocycles. The molecule has 1 aromatic carbocycles. The highest BCUT2D eigenvalue weighted by Crippen LogP contribution is 2.21. The smallest absolute Gasteiger partial charge is 0.307 e. The summed E-state index contributed by atoms with van der Waals surface area (Å²) in [4.78, 5) is 23.3. The zero-order valence-corrected chi connectivity index (χ0v) is 13.4. The van der Waals surface area contributed by atoms with E-state index in [1.54, 1.807) is 18.2 Å². The van der Waals surface area contributed by atoms with Gasteiger partial charge in [-0.2, -0.15) is 0 Å². The number of nitrogens with zero attached hydrogens (tertiary/aromatic N) is 1. The van der Waals surface area contributed by atoms with Crippen molar-refractivity contribution in [1.82, 2.24) is 9.88 Å². The number of hydrogen-bond acceptors (Lipinski definition) is 3. The second kappa shape index (κ2) is 7.09. The Morgan fingerprint density at radius 3 is 2.48 bits per heavy atom. The topological polar surface area (TPSA) is 60.3 Å². The van der Waals surface area contributed by atoms with Crippen LogP contribution in [0.2, 0.25) is 0 Å². The van der Waals surface area contributed by atoms with Crippen LogP contribution in [0.15, 0.2) is 30.3 Å².